The smallest absolute Gasteiger partial charge is 0.417 e. The molecule has 2 aliphatic rings. The van der Waals surface area contributed by atoms with Gasteiger partial charge in [0.15, 0.2) is 0 Å². The zero-order chi connectivity index (χ0) is 41.4. The molecule has 15 heteroatoms. The number of hydrogen-bond acceptors (Lipinski definition) is 9. The number of alkyl halides is 3. The van der Waals surface area contributed by atoms with Crippen molar-refractivity contribution >= 4 is 29.5 Å². The molecule has 2 aliphatic heterocycles. The lowest BCUT2D eigenvalue weighted by Gasteiger charge is -2.42. The minimum Gasteiger partial charge on any atom is -0.443 e. The quantitative estimate of drug-likeness (QED) is 0.222. The molecule has 4 aromatic rings. The van der Waals surface area contributed by atoms with Gasteiger partial charge in [-0.2, -0.15) is 13.2 Å². The van der Waals surface area contributed by atoms with Gasteiger partial charge in [-0.15, -0.1) is 0 Å². The zero-order valence-electron chi connectivity index (χ0n) is 33.1. The van der Waals surface area contributed by atoms with Crippen molar-refractivity contribution in [2.75, 3.05) is 37.7 Å². The summed E-state index contributed by atoms with van der Waals surface area (Å²) >= 11 is 0. The van der Waals surface area contributed by atoms with E-state index in [0.717, 1.165) is 23.2 Å². The normalized spacial score (nSPS) is 17.8. The molecule has 3 N–H and O–H groups in total. The Morgan fingerprint density at radius 2 is 1.77 bits per heavy atom. The summed E-state index contributed by atoms with van der Waals surface area (Å²) in [4.78, 5) is 53.2. The molecule has 2 aromatic heterocycles. The third-order valence-electron chi connectivity index (χ3n) is 10.2. The third-order valence-corrected chi connectivity index (χ3v) is 10.2. The highest BCUT2D eigenvalue weighted by atomic mass is 19.4. The highest BCUT2D eigenvalue weighted by Crippen LogP contribution is 2.35. The van der Waals surface area contributed by atoms with E-state index < -0.39 is 35.2 Å². The molecule has 1 saturated heterocycles. The number of nitrogens with one attached hydrogen (secondary N) is 1. The molecule has 3 amide bonds. The molecule has 0 spiro atoms. The van der Waals surface area contributed by atoms with Gasteiger partial charge in [0, 0.05) is 74.9 Å². The Labute approximate surface area is 330 Å². The first-order valence-corrected chi connectivity index (χ1v) is 18.7. The fourth-order valence-electron chi connectivity index (χ4n) is 7.15. The fraction of sp³-hybridized carbons (Fsp3) is 0.405. The van der Waals surface area contributed by atoms with E-state index in [2.05, 4.69) is 43.8 Å². The molecule has 57 heavy (non-hydrogen) atoms. The van der Waals surface area contributed by atoms with E-state index in [1.54, 1.807) is 58.2 Å². The lowest BCUT2D eigenvalue weighted by atomic mass is 10.0. The number of benzene rings is 2. The van der Waals surface area contributed by atoms with Gasteiger partial charge >= 0.3 is 12.3 Å². The molecule has 0 aliphatic carbocycles. The van der Waals surface area contributed by atoms with Gasteiger partial charge in [-0.05, 0) is 83.1 Å². The minimum absolute atomic E-state index is 0.000646. The van der Waals surface area contributed by atoms with Crippen molar-refractivity contribution in [1.82, 2.24) is 29.2 Å². The van der Waals surface area contributed by atoms with Crippen LogP contribution in [-0.2, 0) is 42.1 Å². The lowest BCUT2D eigenvalue weighted by Crippen LogP contribution is -2.54. The van der Waals surface area contributed by atoms with Gasteiger partial charge in [-0.3, -0.25) is 14.5 Å². The van der Waals surface area contributed by atoms with Gasteiger partial charge < -0.3 is 25.3 Å². The SMILES string of the molecule is C[C@@H]1CN(Cc2ccc(NC(=O)Cc3cccc(C#Cc4cnc(N)nc4-c4cc5c(n4C)CCN(C(=O)OC(C)(C)C)C5=O)c3)cc2C(F)(F)F)[C@@H](C)CN1C. The number of carbonyl (C=O) groups excluding carboxylic acids is 3. The number of piperazine rings is 1. The second kappa shape index (κ2) is 16.0. The molecule has 300 valence electrons. The largest absolute Gasteiger partial charge is 0.443 e. The van der Waals surface area contributed by atoms with Crippen LogP contribution in [0.15, 0.2) is 54.7 Å². The molecule has 12 nitrogen and oxygen atoms in total. The molecule has 0 saturated carbocycles. The number of fused-ring (bicyclic) bond motifs is 1. The van der Waals surface area contributed by atoms with Crippen LogP contribution in [0.4, 0.5) is 29.6 Å². The summed E-state index contributed by atoms with van der Waals surface area (Å²) in [5, 5.41) is 2.63. The average Bonchev–Trinajstić information content (AvgIpc) is 3.46. The molecular weight excluding hydrogens is 738 g/mol. The first-order valence-electron chi connectivity index (χ1n) is 18.7. The Morgan fingerprint density at radius 3 is 2.49 bits per heavy atom. The van der Waals surface area contributed by atoms with Gasteiger partial charge in [0.2, 0.25) is 11.9 Å². The maximum Gasteiger partial charge on any atom is 0.417 e. The second-order valence-electron chi connectivity index (χ2n) is 15.7. The summed E-state index contributed by atoms with van der Waals surface area (Å²) < 4.78 is 50.0. The summed E-state index contributed by atoms with van der Waals surface area (Å²) in [5.41, 5.74) is 8.25. The Balaban J connectivity index is 1.17. The van der Waals surface area contributed by atoms with Gasteiger partial charge in [0.25, 0.3) is 5.91 Å². The summed E-state index contributed by atoms with van der Waals surface area (Å²) in [7, 11) is 3.81. The Kier molecular flexibility index (Phi) is 11.5. The van der Waals surface area contributed by atoms with Crippen molar-refractivity contribution in [1.29, 1.82) is 0 Å². The highest BCUT2D eigenvalue weighted by molar-refractivity contribution is 6.05. The first-order chi connectivity index (χ1) is 26.8. The highest BCUT2D eigenvalue weighted by Gasteiger charge is 2.37. The number of imide groups is 1. The van der Waals surface area contributed by atoms with Crippen LogP contribution >= 0.6 is 0 Å². The predicted molar refractivity (Wildman–Crippen MR) is 210 cm³/mol. The topological polar surface area (TPSA) is 139 Å². The van der Waals surface area contributed by atoms with Crippen LogP contribution in [0.3, 0.4) is 0 Å². The molecule has 4 heterocycles. The zero-order valence-corrected chi connectivity index (χ0v) is 33.1. The van der Waals surface area contributed by atoms with E-state index in [-0.39, 0.29) is 48.8 Å². The van der Waals surface area contributed by atoms with Gasteiger partial charge in [0.05, 0.1) is 28.8 Å². The molecular formula is C42H47F3N8O4. The van der Waals surface area contributed by atoms with Crippen LogP contribution in [0.1, 0.15) is 78.5 Å². The number of carbonyl (C=O) groups is 3. The molecule has 6 rings (SSSR count). The standard InChI is InChI=1S/C42H47F3N8O4/c1-25-23-52(26(2)22-50(25)6)24-30-13-14-31(19-33(30)42(43,44)45)48-36(54)18-28-10-8-9-27(17-28)11-12-29-21-47-39(46)49-37(29)35-20-32-34(51(35)7)15-16-53(38(32)55)40(56)57-41(3,4)5/h8-10,13-14,17,19-21,25-26H,15-16,18,22-24H2,1-7H3,(H,48,54)(H2,46,47,49)/t25-,26+/m1/s1. The summed E-state index contributed by atoms with van der Waals surface area (Å²) in [6, 6.07) is 12.9. The van der Waals surface area contributed by atoms with Crippen LogP contribution in [0.5, 0.6) is 0 Å². The van der Waals surface area contributed by atoms with Crippen molar-refractivity contribution in [2.24, 2.45) is 7.05 Å². The number of aromatic nitrogens is 3. The number of hydrogen-bond donors (Lipinski definition) is 2. The van der Waals surface area contributed by atoms with Crippen molar-refractivity contribution in [3.05, 3.63) is 93.8 Å². The number of nitrogens with two attached hydrogens (primary N) is 1. The fourth-order valence-corrected chi connectivity index (χ4v) is 7.15. The van der Waals surface area contributed by atoms with Gasteiger partial charge in [-0.25, -0.2) is 19.7 Å². The number of nitrogens with zero attached hydrogens (tertiary/aromatic N) is 6. The first kappa shape index (κ1) is 40.9. The molecule has 2 aromatic carbocycles. The van der Waals surface area contributed by atoms with E-state index in [0.29, 0.717) is 46.6 Å². The Bertz CT molecular complexity index is 2270. The number of nitrogen functional groups attached to an aromatic ring is 1. The Morgan fingerprint density at radius 1 is 1.02 bits per heavy atom. The number of anilines is 2. The summed E-state index contributed by atoms with van der Waals surface area (Å²) in [6.07, 6.45) is -3.53. The molecule has 2 atom stereocenters. The maximum atomic E-state index is 14.3. The van der Waals surface area contributed by atoms with Crippen molar-refractivity contribution in [3.63, 3.8) is 0 Å². The van der Waals surface area contributed by atoms with Crippen LogP contribution in [-0.4, -0.2) is 91.5 Å². The van der Waals surface area contributed by atoms with Crippen LogP contribution in [0.2, 0.25) is 0 Å². The number of amides is 3. The van der Waals surface area contributed by atoms with E-state index in [9.17, 15) is 27.6 Å². The molecule has 1 fully saturated rings. The summed E-state index contributed by atoms with van der Waals surface area (Å²) in [6.45, 7) is 11.0. The van der Waals surface area contributed by atoms with Gasteiger partial charge in [0.1, 0.15) is 11.3 Å². The number of likely N-dealkylation sites (N-methyl/N-ethyl adjacent to an activating group) is 1. The monoisotopic (exact) mass is 784 g/mol. The Hall–Kier alpha value is -5.72. The van der Waals surface area contributed by atoms with E-state index in [4.69, 9.17) is 10.5 Å². The van der Waals surface area contributed by atoms with Crippen LogP contribution in [0.25, 0.3) is 11.4 Å². The van der Waals surface area contributed by atoms with Crippen LogP contribution < -0.4 is 11.1 Å². The van der Waals surface area contributed by atoms with E-state index >= 15 is 0 Å². The van der Waals surface area contributed by atoms with E-state index in [1.807, 2.05) is 18.5 Å². The number of halogens is 3. The van der Waals surface area contributed by atoms with Gasteiger partial charge in [-0.1, -0.05) is 30.0 Å². The molecule has 0 unspecified atom stereocenters. The predicted octanol–water partition coefficient (Wildman–Crippen LogP) is 6.12. The average molecular weight is 785 g/mol. The summed E-state index contributed by atoms with van der Waals surface area (Å²) in [5.74, 6) is 5.20. The van der Waals surface area contributed by atoms with Crippen molar-refractivity contribution in [3.8, 4) is 23.2 Å². The lowest BCUT2D eigenvalue weighted by molar-refractivity contribution is -0.138. The van der Waals surface area contributed by atoms with Crippen molar-refractivity contribution < 1.29 is 32.3 Å². The second-order valence-corrected chi connectivity index (χ2v) is 15.7. The minimum atomic E-state index is -4.60. The maximum absolute atomic E-state index is 14.3. The van der Waals surface area contributed by atoms with Crippen molar-refractivity contribution in [2.45, 2.75) is 77.9 Å². The van der Waals surface area contributed by atoms with Crippen LogP contribution in [0, 0.1) is 11.8 Å². The number of rotatable bonds is 6. The molecule has 0 radical (unpaired) electrons. The number of ether oxygens (including phenoxy) is 1. The van der Waals surface area contributed by atoms with E-state index in [1.165, 1.54) is 18.3 Å². The third kappa shape index (κ3) is 9.46. The molecule has 0 bridgehead atoms.